The number of hydrogen-bond donors (Lipinski definition) is 4. The molecule has 2 rings (SSSR count). The van der Waals surface area contributed by atoms with Gasteiger partial charge >= 0.3 is 0 Å². The van der Waals surface area contributed by atoms with Gasteiger partial charge in [-0.3, -0.25) is 9.59 Å². The van der Waals surface area contributed by atoms with Gasteiger partial charge in [-0.15, -0.1) is 0 Å². The van der Waals surface area contributed by atoms with Crippen LogP contribution in [0.25, 0.3) is 0 Å². The summed E-state index contributed by atoms with van der Waals surface area (Å²) in [5.41, 5.74) is 0. The van der Waals surface area contributed by atoms with Crippen molar-refractivity contribution in [3.05, 3.63) is 31.6 Å². The van der Waals surface area contributed by atoms with Crippen LogP contribution in [0.4, 0.5) is 0 Å². The Morgan fingerprint density at radius 1 is 0.913 bits per heavy atom. The van der Waals surface area contributed by atoms with E-state index < -0.39 is 0 Å². The van der Waals surface area contributed by atoms with E-state index in [0.717, 1.165) is 39.3 Å². The third-order valence-corrected chi connectivity index (χ3v) is 3.75. The zero-order valence-corrected chi connectivity index (χ0v) is 13.4. The summed E-state index contributed by atoms with van der Waals surface area (Å²) in [5, 5.41) is 12.6. The number of amides is 2. The van der Waals surface area contributed by atoms with Crippen LogP contribution in [-0.4, -0.2) is 75.6 Å². The summed E-state index contributed by atoms with van der Waals surface area (Å²) in [5.74, 6) is 0.325. The predicted molar refractivity (Wildman–Crippen MR) is 88.6 cm³/mol. The first kappa shape index (κ1) is 18.2. The maximum Gasteiger partial charge on any atom is 0.242 e. The molecule has 1 saturated heterocycles. The number of hydrogen-bond acceptors (Lipinski definition) is 5. The number of rotatable bonds is 3. The molecule has 127 valence electrons. The molecule has 2 fully saturated rings. The lowest BCUT2D eigenvalue weighted by molar-refractivity contribution is -0.132. The van der Waals surface area contributed by atoms with E-state index in [1.54, 1.807) is 30.6 Å². The van der Waals surface area contributed by atoms with Crippen molar-refractivity contribution in [2.24, 2.45) is 0 Å². The molecule has 0 spiro atoms. The van der Waals surface area contributed by atoms with Gasteiger partial charge < -0.3 is 26.2 Å². The molecule has 1 heterocycles. The molecular formula is C16H26N5O2. The Morgan fingerprint density at radius 3 is 2.00 bits per heavy atom. The minimum absolute atomic E-state index is 0.0333. The van der Waals surface area contributed by atoms with Crippen LogP contribution in [0.5, 0.6) is 0 Å². The van der Waals surface area contributed by atoms with E-state index in [2.05, 4.69) is 21.3 Å². The van der Waals surface area contributed by atoms with Crippen molar-refractivity contribution in [1.82, 2.24) is 26.2 Å². The van der Waals surface area contributed by atoms with Gasteiger partial charge in [0, 0.05) is 52.4 Å². The fourth-order valence-electron chi connectivity index (χ4n) is 2.41. The third-order valence-electron chi connectivity index (χ3n) is 3.75. The van der Waals surface area contributed by atoms with Crippen molar-refractivity contribution in [3.8, 4) is 0 Å². The van der Waals surface area contributed by atoms with E-state index >= 15 is 0 Å². The first-order valence-electron chi connectivity index (χ1n) is 8.17. The van der Waals surface area contributed by atoms with Gasteiger partial charge in [-0.25, -0.2) is 0 Å². The second-order valence-corrected chi connectivity index (χ2v) is 5.49. The summed E-state index contributed by atoms with van der Waals surface area (Å²) in [6.07, 6.45) is 7.08. The topological polar surface area (TPSA) is 85.5 Å². The molecule has 0 aromatic rings. The molecule has 0 aromatic carbocycles. The molecule has 5 radical (unpaired) electrons. The summed E-state index contributed by atoms with van der Waals surface area (Å²) in [7, 11) is 0. The second-order valence-electron chi connectivity index (χ2n) is 5.49. The Kier molecular flexibility index (Phi) is 8.35. The Hall–Kier alpha value is -1.18. The molecule has 23 heavy (non-hydrogen) atoms. The molecule has 0 bridgehead atoms. The van der Waals surface area contributed by atoms with Gasteiger partial charge in [0.1, 0.15) is 0 Å². The van der Waals surface area contributed by atoms with Crippen LogP contribution in [0.1, 0.15) is 0 Å². The maximum absolute atomic E-state index is 12.3. The molecule has 2 amide bonds. The normalized spacial score (nSPS) is 22.2. The Labute approximate surface area is 138 Å². The lowest BCUT2D eigenvalue weighted by Crippen LogP contribution is -2.47. The summed E-state index contributed by atoms with van der Waals surface area (Å²) in [6, 6.07) is 0. The molecule has 4 N–H and O–H groups in total. The van der Waals surface area contributed by atoms with Gasteiger partial charge in [-0.2, -0.15) is 0 Å². The Morgan fingerprint density at radius 2 is 1.43 bits per heavy atom. The summed E-state index contributed by atoms with van der Waals surface area (Å²) in [6.45, 7) is 6.45. The van der Waals surface area contributed by atoms with E-state index in [0.29, 0.717) is 19.0 Å². The van der Waals surface area contributed by atoms with Gasteiger partial charge in [0.25, 0.3) is 0 Å². The molecule has 7 nitrogen and oxygen atoms in total. The predicted octanol–water partition coefficient (Wildman–Crippen LogP) is -1.88. The molecule has 1 saturated carbocycles. The minimum atomic E-state index is -0.208. The SMILES string of the molecule is O=C(NCC(=O)N1CCNCCNCCNCC1)[C]1[CH][CH][CH][CH]1. The first-order chi connectivity index (χ1) is 11.3. The van der Waals surface area contributed by atoms with Crippen molar-refractivity contribution in [1.29, 1.82) is 0 Å². The van der Waals surface area contributed by atoms with Crippen molar-refractivity contribution in [2.75, 3.05) is 58.9 Å². The van der Waals surface area contributed by atoms with Crippen LogP contribution >= 0.6 is 0 Å². The van der Waals surface area contributed by atoms with Crippen molar-refractivity contribution in [2.45, 2.75) is 0 Å². The lowest BCUT2D eigenvalue weighted by Gasteiger charge is -2.24. The van der Waals surface area contributed by atoms with Crippen molar-refractivity contribution in [3.63, 3.8) is 0 Å². The number of carbonyl (C=O) groups is 2. The zero-order valence-electron chi connectivity index (χ0n) is 13.4. The molecule has 2 aliphatic rings. The number of nitrogens with zero attached hydrogens (tertiary/aromatic N) is 1. The average molecular weight is 320 g/mol. The molecular weight excluding hydrogens is 294 g/mol. The molecule has 7 heteroatoms. The number of nitrogens with one attached hydrogen (secondary N) is 4. The third kappa shape index (κ3) is 6.85. The quantitative estimate of drug-likeness (QED) is 0.489. The molecule has 0 atom stereocenters. The summed E-state index contributed by atoms with van der Waals surface area (Å²) in [4.78, 5) is 26.0. The molecule has 0 aromatic heterocycles. The first-order valence-corrected chi connectivity index (χ1v) is 8.17. The molecule has 1 aliphatic heterocycles. The Balaban J connectivity index is 1.73. The zero-order chi connectivity index (χ0) is 16.3. The highest BCUT2D eigenvalue weighted by molar-refractivity contribution is 5.97. The van der Waals surface area contributed by atoms with Gasteiger partial charge in [0.05, 0.1) is 12.5 Å². The van der Waals surface area contributed by atoms with Gasteiger partial charge in [-0.05, 0) is 25.7 Å². The lowest BCUT2D eigenvalue weighted by atomic mass is 10.1. The smallest absolute Gasteiger partial charge is 0.242 e. The van der Waals surface area contributed by atoms with Crippen LogP contribution < -0.4 is 21.3 Å². The van der Waals surface area contributed by atoms with E-state index in [1.165, 1.54) is 0 Å². The van der Waals surface area contributed by atoms with E-state index in [9.17, 15) is 9.59 Å². The fourth-order valence-corrected chi connectivity index (χ4v) is 2.41. The minimum Gasteiger partial charge on any atom is -0.346 e. The second kappa shape index (κ2) is 10.6. The number of carbonyl (C=O) groups excluding carboxylic acids is 2. The van der Waals surface area contributed by atoms with Crippen LogP contribution in [0.2, 0.25) is 0 Å². The molecule has 0 unspecified atom stereocenters. The van der Waals surface area contributed by atoms with Crippen LogP contribution in [0, 0.1) is 31.6 Å². The van der Waals surface area contributed by atoms with Crippen molar-refractivity contribution >= 4 is 11.8 Å². The average Bonchev–Trinajstić information content (AvgIpc) is 3.07. The molecule has 1 aliphatic carbocycles. The van der Waals surface area contributed by atoms with E-state index in [4.69, 9.17) is 0 Å². The maximum atomic E-state index is 12.3. The monoisotopic (exact) mass is 320 g/mol. The standard InChI is InChI=1S/C16H26N5O2/c22-15(13-20-16(23)14-3-1-2-4-14)21-11-9-18-7-5-17-6-8-19-10-12-21/h1-4,17-19H,5-13H2,(H,20,23). The van der Waals surface area contributed by atoms with Crippen LogP contribution in [0.3, 0.4) is 0 Å². The van der Waals surface area contributed by atoms with E-state index in [1.807, 2.05) is 0 Å². The highest BCUT2D eigenvalue weighted by Crippen LogP contribution is 2.22. The largest absolute Gasteiger partial charge is 0.346 e. The summed E-state index contributed by atoms with van der Waals surface area (Å²) < 4.78 is 0. The van der Waals surface area contributed by atoms with E-state index in [-0.39, 0.29) is 18.4 Å². The van der Waals surface area contributed by atoms with Crippen molar-refractivity contribution < 1.29 is 9.59 Å². The highest BCUT2D eigenvalue weighted by Gasteiger charge is 2.25. The van der Waals surface area contributed by atoms with Gasteiger partial charge in [0.2, 0.25) is 11.8 Å². The van der Waals surface area contributed by atoms with Gasteiger partial charge in [0.15, 0.2) is 0 Å². The fraction of sp³-hybridized carbons (Fsp3) is 0.562. The summed E-state index contributed by atoms with van der Waals surface area (Å²) >= 11 is 0. The highest BCUT2D eigenvalue weighted by atomic mass is 16.2. The Bertz CT molecular complexity index is 359. The van der Waals surface area contributed by atoms with Crippen LogP contribution in [0.15, 0.2) is 0 Å². The van der Waals surface area contributed by atoms with Gasteiger partial charge in [-0.1, -0.05) is 0 Å². The van der Waals surface area contributed by atoms with Crippen LogP contribution in [-0.2, 0) is 9.59 Å².